The van der Waals surface area contributed by atoms with E-state index in [0.717, 1.165) is 61.2 Å². The lowest BCUT2D eigenvalue weighted by Gasteiger charge is -2.30. The van der Waals surface area contributed by atoms with E-state index in [2.05, 4.69) is 21.3 Å². The summed E-state index contributed by atoms with van der Waals surface area (Å²) in [7, 11) is 0. The molecule has 0 radical (unpaired) electrons. The molecule has 0 unspecified atom stereocenters. The molecule has 3 aromatic rings. The van der Waals surface area contributed by atoms with Crippen molar-refractivity contribution in [1.29, 1.82) is 0 Å². The molecular weight excluding hydrogens is 370 g/mol. The number of hydrogen-bond donors (Lipinski definition) is 0. The van der Waals surface area contributed by atoms with Crippen LogP contribution in [-0.4, -0.2) is 57.0 Å². The molecular formula is C21H25N5O3. The van der Waals surface area contributed by atoms with Crippen LogP contribution in [0.3, 0.4) is 0 Å². The number of nitrogens with zero attached hydrogens (tertiary/aromatic N) is 5. The van der Waals surface area contributed by atoms with Crippen LogP contribution < -0.4 is 0 Å². The molecule has 8 heteroatoms. The predicted octanol–water partition coefficient (Wildman–Crippen LogP) is 3.16. The van der Waals surface area contributed by atoms with E-state index in [1.807, 2.05) is 34.8 Å². The van der Waals surface area contributed by atoms with Crippen molar-refractivity contribution in [3.63, 3.8) is 0 Å². The van der Waals surface area contributed by atoms with Crippen molar-refractivity contribution in [3.8, 4) is 11.5 Å². The first-order valence-corrected chi connectivity index (χ1v) is 10.4. The molecule has 4 heterocycles. The number of likely N-dealkylation sites (tertiary alicyclic amines) is 1. The lowest BCUT2D eigenvalue weighted by Crippen LogP contribution is -2.37. The Bertz CT molecular complexity index is 1010. The zero-order chi connectivity index (χ0) is 19.8. The molecule has 8 nitrogen and oxygen atoms in total. The summed E-state index contributed by atoms with van der Waals surface area (Å²) in [6.07, 6.45) is 5.17. The molecule has 1 amide bonds. The van der Waals surface area contributed by atoms with E-state index in [1.54, 1.807) is 0 Å². The summed E-state index contributed by atoms with van der Waals surface area (Å²) in [5, 5.41) is 9.89. The van der Waals surface area contributed by atoms with Gasteiger partial charge in [0.2, 0.25) is 5.91 Å². The highest BCUT2D eigenvalue weighted by Gasteiger charge is 2.27. The maximum Gasteiger partial charge on any atom is 0.258 e. The maximum atomic E-state index is 11.9. The van der Waals surface area contributed by atoms with Crippen LogP contribution in [0.1, 0.15) is 50.4 Å². The summed E-state index contributed by atoms with van der Waals surface area (Å²) in [5.74, 6) is 1.72. The lowest BCUT2D eigenvalue weighted by molar-refractivity contribution is -0.131. The molecule has 1 atom stereocenters. The Labute approximate surface area is 168 Å². The lowest BCUT2D eigenvalue weighted by atomic mass is 9.96. The van der Waals surface area contributed by atoms with Gasteiger partial charge in [0, 0.05) is 43.0 Å². The molecule has 152 valence electrons. The second-order valence-electron chi connectivity index (χ2n) is 7.85. The fraction of sp³-hybridized carbons (Fsp3) is 0.524. The van der Waals surface area contributed by atoms with Crippen molar-refractivity contribution in [2.24, 2.45) is 0 Å². The number of ether oxygens (including phenoxy) is 1. The predicted molar refractivity (Wildman–Crippen MR) is 106 cm³/mol. The third kappa shape index (κ3) is 3.42. The molecule has 0 saturated carbocycles. The van der Waals surface area contributed by atoms with Crippen LogP contribution in [0.25, 0.3) is 22.4 Å². The minimum Gasteiger partial charge on any atom is -0.379 e. The Kier molecular flexibility index (Phi) is 4.79. The number of piperidine rings is 1. The molecule has 2 aliphatic rings. The van der Waals surface area contributed by atoms with Crippen LogP contribution in [-0.2, 0) is 9.53 Å². The van der Waals surface area contributed by atoms with Gasteiger partial charge in [-0.1, -0.05) is 18.1 Å². The second-order valence-corrected chi connectivity index (χ2v) is 7.85. The number of hydrogen-bond acceptors (Lipinski definition) is 6. The number of rotatable bonds is 4. The van der Waals surface area contributed by atoms with Gasteiger partial charge in [0.05, 0.1) is 24.4 Å². The van der Waals surface area contributed by atoms with Crippen LogP contribution in [0.15, 0.2) is 28.9 Å². The van der Waals surface area contributed by atoms with E-state index in [9.17, 15) is 4.79 Å². The quantitative estimate of drug-likeness (QED) is 0.674. The van der Waals surface area contributed by atoms with Gasteiger partial charge in [-0.3, -0.25) is 9.48 Å². The third-order valence-corrected chi connectivity index (χ3v) is 6.05. The minimum absolute atomic E-state index is 0.217. The zero-order valence-electron chi connectivity index (χ0n) is 16.6. The van der Waals surface area contributed by atoms with E-state index >= 15 is 0 Å². The van der Waals surface area contributed by atoms with Gasteiger partial charge in [0.15, 0.2) is 5.82 Å². The summed E-state index contributed by atoms with van der Waals surface area (Å²) < 4.78 is 13.2. The highest BCUT2D eigenvalue weighted by atomic mass is 16.5. The summed E-state index contributed by atoms with van der Waals surface area (Å²) >= 11 is 0. The average Bonchev–Trinajstić information content (AvgIpc) is 3.53. The van der Waals surface area contributed by atoms with Gasteiger partial charge in [0.25, 0.3) is 5.89 Å². The first-order chi connectivity index (χ1) is 14.2. The van der Waals surface area contributed by atoms with E-state index in [1.165, 1.54) is 0 Å². The van der Waals surface area contributed by atoms with Crippen LogP contribution in [0.2, 0.25) is 0 Å². The average molecular weight is 395 g/mol. The highest BCUT2D eigenvalue weighted by molar-refractivity contribution is 5.83. The topological polar surface area (TPSA) is 86.3 Å². The molecule has 29 heavy (non-hydrogen) atoms. The Morgan fingerprint density at radius 3 is 2.86 bits per heavy atom. The van der Waals surface area contributed by atoms with Crippen LogP contribution in [0.5, 0.6) is 0 Å². The van der Waals surface area contributed by atoms with Gasteiger partial charge in [-0.25, -0.2) is 0 Å². The van der Waals surface area contributed by atoms with Crippen molar-refractivity contribution < 1.29 is 14.1 Å². The first kappa shape index (κ1) is 18.3. The second kappa shape index (κ2) is 7.59. The molecule has 0 bridgehead atoms. The molecule has 2 saturated heterocycles. The minimum atomic E-state index is 0.217. The van der Waals surface area contributed by atoms with Crippen molar-refractivity contribution in [3.05, 3.63) is 30.2 Å². The molecule has 2 fully saturated rings. The van der Waals surface area contributed by atoms with E-state index in [4.69, 9.17) is 9.26 Å². The normalized spacial score (nSPS) is 20.6. The first-order valence-electron chi connectivity index (χ1n) is 10.4. The Morgan fingerprint density at radius 1 is 1.24 bits per heavy atom. The van der Waals surface area contributed by atoms with E-state index < -0.39 is 0 Å². The monoisotopic (exact) mass is 395 g/mol. The number of benzene rings is 1. The molecule has 2 aliphatic heterocycles. The molecule has 0 N–H and O–H groups in total. The molecule has 1 aromatic carbocycles. The van der Waals surface area contributed by atoms with Crippen LogP contribution in [0.4, 0.5) is 0 Å². The Hall–Kier alpha value is -2.74. The summed E-state index contributed by atoms with van der Waals surface area (Å²) in [5.41, 5.74) is 1.96. The molecule has 5 rings (SSSR count). The number of amides is 1. The van der Waals surface area contributed by atoms with Crippen molar-refractivity contribution in [1.82, 2.24) is 24.8 Å². The Morgan fingerprint density at radius 2 is 2.10 bits per heavy atom. The number of fused-ring (bicyclic) bond motifs is 1. The van der Waals surface area contributed by atoms with E-state index in [0.29, 0.717) is 18.9 Å². The van der Waals surface area contributed by atoms with Gasteiger partial charge < -0.3 is 14.2 Å². The third-order valence-electron chi connectivity index (χ3n) is 6.05. The standard InChI is InChI=1S/C21H25N5O3/c1-2-19(27)25-8-5-14(6-9-25)20-23-21(29-24-20)15-3-4-16-12-22-26(18(16)11-15)17-7-10-28-13-17/h3-4,11-12,14,17H,2,5-10,13H2,1H3/t17-/m1/s1. The van der Waals surface area contributed by atoms with Gasteiger partial charge >= 0.3 is 0 Å². The number of aromatic nitrogens is 4. The molecule has 0 aliphatic carbocycles. The van der Waals surface area contributed by atoms with Crippen molar-refractivity contribution in [2.75, 3.05) is 26.3 Å². The maximum absolute atomic E-state index is 11.9. The highest BCUT2D eigenvalue weighted by Crippen LogP contribution is 2.30. The molecule has 0 spiro atoms. The smallest absolute Gasteiger partial charge is 0.258 e. The van der Waals surface area contributed by atoms with Crippen molar-refractivity contribution in [2.45, 2.75) is 44.6 Å². The largest absolute Gasteiger partial charge is 0.379 e. The number of carbonyl (C=O) groups is 1. The van der Waals surface area contributed by atoms with Gasteiger partial charge in [-0.05, 0) is 31.4 Å². The SMILES string of the molecule is CCC(=O)N1CCC(c2noc(-c3ccc4cnn([C@@H]5CCOC5)c4c3)n2)CC1. The van der Waals surface area contributed by atoms with Crippen LogP contribution >= 0.6 is 0 Å². The van der Waals surface area contributed by atoms with Gasteiger partial charge in [-0.15, -0.1) is 0 Å². The fourth-order valence-corrected chi connectivity index (χ4v) is 4.31. The zero-order valence-corrected chi connectivity index (χ0v) is 16.6. The summed E-state index contributed by atoms with van der Waals surface area (Å²) in [4.78, 5) is 18.5. The van der Waals surface area contributed by atoms with Crippen molar-refractivity contribution >= 4 is 16.8 Å². The Balaban J connectivity index is 1.36. The van der Waals surface area contributed by atoms with Gasteiger partial charge in [0.1, 0.15) is 0 Å². The summed E-state index contributed by atoms with van der Waals surface area (Å²) in [6.45, 7) is 4.90. The van der Waals surface area contributed by atoms with Gasteiger partial charge in [-0.2, -0.15) is 10.1 Å². The summed E-state index contributed by atoms with van der Waals surface area (Å²) in [6, 6.07) is 6.39. The molecule has 2 aromatic heterocycles. The van der Waals surface area contributed by atoms with E-state index in [-0.39, 0.29) is 17.9 Å². The fourth-order valence-electron chi connectivity index (χ4n) is 4.31. The number of carbonyl (C=O) groups excluding carboxylic acids is 1. The van der Waals surface area contributed by atoms with Crippen LogP contribution in [0, 0.1) is 0 Å².